The van der Waals surface area contributed by atoms with Crippen LogP contribution >= 0.6 is 44.5 Å². The zero-order chi connectivity index (χ0) is 14.3. The third kappa shape index (κ3) is 7.03. The predicted molar refractivity (Wildman–Crippen MR) is 91.9 cm³/mol. The van der Waals surface area contributed by atoms with Crippen LogP contribution in [0.25, 0.3) is 0 Å². The van der Waals surface area contributed by atoms with Crippen molar-refractivity contribution in [3.63, 3.8) is 0 Å². The Kier molecular flexibility index (Phi) is 9.65. The van der Waals surface area contributed by atoms with Gasteiger partial charge in [0.25, 0.3) is 10.0 Å². The molecule has 0 heterocycles. The second-order valence-electron chi connectivity index (χ2n) is 3.70. The van der Waals surface area contributed by atoms with E-state index in [4.69, 9.17) is 17.3 Å². The number of benzene rings is 1. The normalized spacial score (nSPS) is 12.0. The molecular weight excluding hydrogens is 433 g/mol. The van der Waals surface area contributed by atoms with Crippen molar-refractivity contribution in [2.24, 2.45) is 10.1 Å². The highest BCUT2D eigenvalue weighted by Gasteiger charge is 2.12. The van der Waals surface area contributed by atoms with Gasteiger partial charge in [0, 0.05) is 29.9 Å². The minimum Gasteiger partial charge on any atom is -0.386 e. The lowest BCUT2D eigenvalue weighted by atomic mass is 10.4. The fraction of sp³-hybridized carbons (Fsp3) is 0.364. The van der Waals surface area contributed by atoms with E-state index < -0.39 is 10.0 Å². The molecule has 0 amide bonds. The Morgan fingerprint density at radius 1 is 1.30 bits per heavy atom. The second-order valence-corrected chi connectivity index (χ2v) is 6.53. The Morgan fingerprint density at radius 2 is 1.90 bits per heavy atom. The first-order valence-corrected chi connectivity index (χ1v) is 8.51. The Labute approximate surface area is 142 Å². The maximum atomic E-state index is 11.9. The predicted octanol–water partition coefficient (Wildman–Crippen LogP) is 2.34. The maximum Gasteiger partial charge on any atom is 0.283 e. The molecule has 0 spiro atoms. The summed E-state index contributed by atoms with van der Waals surface area (Å²) in [6.07, 6.45) is 0.375. The second kappa shape index (κ2) is 9.73. The van der Waals surface area contributed by atoms with E-state index in [2.05, 4.69) is 25.6 Å². The van der Waals surface area contributed by atoms with Crippen LogP contribution in [0.15, 0.2) is 33.6 Å². The molecule has 1 aromatic carbocycles. The molecule has 114 valence electrons. The molecule has 0 saturated heterocycles. The zero-order valence-electron chi connectivity index (χ0n) is 10.6. The zero-order valence-corrected chi connectivity index (χ0v) is 15.4. The summed E-state index contributed by atoms with van der Waals surface area (Å²) < 4.78 is 27.4. The fourth-order valence-corrected chi connectivity index (χ4v) is 2.66. The van der Waals surface area contributed by atoms with Crippen LogP contribution in [0.5, 0.6) is 0 Å². The van der Waals surface area contributed by atoms with Crippen LogP contribution in [0, 0.1) is 0 Å². The number of halogens is 3. The number of alkyl halides is 1. The smallest absolute Gasteiger partial charge is 0.283 e. The summed E-state index contributed by atoms with van der Waals surface area (Å²) in [6, 6.07) is 5.80. The van der Waals surface area contributed by atoms with E-state index in [1.807, 2.05) is 0 Å². The summed E-state index contributed by atoms with van der Waals surface area (Å²) >= 11 is 8.97. The van der Waals surface area contributed by atoms with Crippen molar-refractivity contribution >= 4 is 60.4 Å². The van der Waals surface area contributed by atoms with Crippen molar-refractivity contribution in [3.05, 3.63) is 29.3 Å². The first-order valence-electron chi connectivity index (χ1n) is 5.57. The molecule has 5 nitrogen and oxygen atoms in total. The average molecular weight is 450 g/mol. The van der Waals surface area contributed by atoms with Crippen molar-refractivity contribution in [3.8, 4) is 0 Å². The quantitative estimate of drug-likeness (QED) is 0.290. The van der Waals surface area contributed by atoms with E-state index >= 15 is 0 Å². The first-order chi connectivity index (χ1) is 8.95. The summed E-state index contributed by atoms with van der Waals surface area (Å²) in [6.45, 7) is 1.37. The van der Waals surface area contributed by atoms with Crippen LogP contribution in [-0.2, 0) is 10.0 Å². The van der Waals surface area contributed by atoms with Crippen LogP contribution in [0.2, 0.25) is 5.02 Å². The summed E-state index contributed by atoms with van der Waals surface area (Å²) in [5.74, 6) is 0.0806. The van der Waals surface area contributed by atoms with Gasteiger partial charge >= 0.3 is 0 Å². The average Bonchev–Trinajstić information content (AvgIpc) is 2.34. The Morgan fingerprint density at radius 3 is 2.45 bits per heavy atom. The molecule has 0 aliphatic carbocycles. The summed E-state index contributed by atoms with van der Waals surface area (Å²) in [7, 11) is -3.75. The monoisotopic (exact) mass is 447 g/mol. The Bertz CT molecular complexity index is 535. The number of nitrogens with one attached hydrogen (secondary N) is 1. The number of nitrogens with two attached hydrogens (primary N) is 1. The highest BCUT2D eigenvalue weighted by molar-refractivity contribution is 9.09. The van der Waals surface area contributed by atoms with E-state index in [9.17, 15) is 8.42 Å². The van der Waals surface area contributed by atoms with Gasteiger partial charge in [-0.05, 0) is 24.3 Å². The molecule has 3 N–H and O–H groups in total. The SMILES string of the molecule is Br.N/C(CCNCCBr)=N\S(=O)(=O)c1ccc(Cl)cc1. The molecule has 0 saturated carbocycles. The van der Waals surface area contributed by atoms with E-state index in [1.165, 1.54) is 24.3 Å². The molecule has 20 heavy (non-hydrogen) atoms. The van der Waals surface area contributed by atoms with Crippen LogP contribution in [0.3, 0.4) is 0 Å². The van der Waals surface area contributed by atoms with Crippen molar-refractivity contribution in [2.75, 3.05) is 18.4 Å². The lowest BCUT2D eigenvalue weighted by molar-refractivity contribution is 0.597. The number of amidine groups is 1. The van der Waals surface area contributed by atoms with E-state index in [0.717, 1.165) is 11.9 Å². The molecule has 1 aromatic rings. The van der Waals surface area contributed by atoms with Gasteiger partial charge in [0.15, 0.2) is 0 Å². The first kappa shape index (κ1) is 19.9. The molecule has 1 rings (SSSR count). The Balaban J connectivity index is 0.00000361. The standard InChI is InChI=1S/C11H15BrClN3O2S.BrH/c12-6-8-15-7-5-11(14)16-19(17,18)10-3-1-9(13)2-4-10;/h1-4,15H,5-8H2,(H2,14,16);1H. The highest BCUT2D eigenvalue weighted by Crippen LogP contribution is 2.16. The van der Waals surface area contributed by atoms with Gasteiger partial charge in [-0.15, -0.1) is 21.4 Å². The number of sulfonamides is 1. The molecule has 0 fully saturated rings. The molecule has 9 heteroatoms. The van der Waals surface area contributed by atoms with Crippen LogP contribution in [0.4, 0.5) is 0 Å². The van der Waals surface area contributed by atoms with Gasteiger partial charge < -0.3 is 11.1 Å². The molecule has 0 unspecified atom stereocenters. The van der Waals surface area contributed by atoms with Crippen molar-refractivity contribution in [1.82, 2.24) is 5.32 Å². The molecule has 0 bridgehead atoms. The third-order valence-corrected chi connectivity index (χ3v) is 4.17. The molecule has 0 aliphatic heterocycles. The number of hydrogen-bond donors (Lipinski definition) is 2. The molecule has 0 aromatic heterocycles. The number of nitrogens with zero attached hydrogens (tertiary/aromatic N) is 1. The summed E-state index contributed by atoms with van der Waals surface area (Å²) in [5.41, 5.74) is 5.60. The number of hydrogen-bond acceptors (Lipinski definition) is 3. The van der Waals surface area contributed by atoms with E-state index in [-0.39, 0.29) is 27.7 Å². The van der Waals surface area contributed by atoms with Gasteiger partial charge in [-0.3, -0.25) is 0 Å². The fourth-order valence-electron chi connectivity index (χ4n) is 1.27. The largest absolute Gasteiger partial charge is 0.386 e. The number of rotatable bonds is 7. The Hall–Kier alpha value is -0.150. The van der Waals surface area contributed by atoms with Crippen molar-refractivity contribution in [1.29, 1.82) is 0 Å². The lowest BCUT2D eigenvalue weighted by Gasteiger charge is -2.03. The maximum absolute atomic E-state index is 11.9. The lowest BCUT2D eigenvalue weighted by Crippen LogP contribution is -2.24. The van der Waals surface area contributed by atoms with Crippen LogP contribution in [-0.4, -0.2) is 32.7 Å². The van der Waals surface area contributed by atoms with Crippen LogP contribution in [0.1, 0.15) is 6.42 Å². The van der Waals surface area contributed by atoms with Gasteiger partial charge in [0.05, 0.1) is 4.90 Å². The molecular formula is C11H16Br2ClN3O2S. The topological polar surface area (TPSA) is 84.5 Å². The summed E-state index contributed by atoms with van der Waals surface area (Å²) in [5, 5.41) is 4.37. The van der Waals surface area contributed by atoms with Crippen molar-refractivity contribution in [2.45, 2.75) is 11.3 Å². The van der Waals surface area contributed by atoms with Crippen molar-refractivity contribution < 1.29 is 8.42 Å². The van der Waals surface area contributed by atoms with E-state index in [1.54, 1.807) is 0 Å². The van der Waals surface area contributed by atoms with Gasteiger partial charge in [0.1, 0.15) is 5.84 Å². The van der Waals surface area contributed by atoms with Gasteiger partial charge in [0.2, 0.25) is 0 Å². The van der Waals surface area contributed by atoms with Gasteiger partial charge in [-0.1, -0.05) is 27.5 Å². The molecule has 0 aliphatic rings. The van der Waals surface area contributed by atoms with Crippen LogP contribution < -0.4 is 11.1 Å². The van der Waals surface area contributed by atoms with E-state index in [0.29, 0.717) is 18.0 Å². The molecule has 0 radical (unpaired) electrons. The van der Waals surface area contributed by atoms with Gasteiger partial charge in [-0.25, -0.2) is 0 Å². The summed E-state index contributed by atoms with van der Waals surface area (Å²) in [4.78, 5) is 0.0771. The highest BCUT2D eigenvalue weighted by atomic mass is 79.9. The minimum atomic E-state index is -3.75. The van der Waals surface area contributed by atoms with Gasteiger partial charge in [-0.2, -0.15) is 8.42 Å². The minimum absolute atomic E-state index is 0. The molecule has 0 atom stereocenters. The third-order valence-electron chi connectivity index (χ3n) is 2.18.